The van der Waals surface area contributed by atoms with Crippen molar-refractivity contribution in [3.05, 3.63) is 76.4 Å². The molecule has 238 valence electrons. The van der Waals surface area contributed by atoms with Gasteiger partial charge in [-0.05, 0) is 80.5 Å². The third kappa shape index (κ3) is 10.3. The normalized spacial score (nSPS) is 13.1. The number of aromatic nitrogens is 2. The lowest BCUT2D eigenvalue weighted by Crippen LogP contribution is -2.48. The first-order valence-corrected chi connectivity index (χ1v) is 14.9. The van der Waals surface area contributed by atoms with Gasteiger partial charge in [0.25, 0.3) is 0 Å². The van der Waals surface area contributed by atoms with Crippen LogP contribution in [0.2, 0.25) is 0 Å². The maximum absolute atomic E-state index is 14.0. The highest BCUT2D eigenvalue weighted by Crippen LogP contribution is 2.28. The van der Waals surface area contributed by atoms with Crippen LogP contribution in [0.25, 0.3) is 0 Å². The number of hydrogen-bond acceptors (Lipinski definition) is 9. The molecule has 3 rings (SSSR count). The predicted molar refractivity (Wildman–Crippen MR) is 168 cm³/mol. The molecule has 0 bridgehead atoms. The highest BCUT2D eigenvalue weighted by atomic mass is 16.5. The van der Waals surface area contributed by atoms with Crippen molar-refractivity contribution in [1.82, 2.24) is 20.8 Å². The van der Waals surface area contributed by atoms with Crippen LogP contribution < -0.4 is 33.6 Å². The second-order valence-corrected chi connectivity index (χ2v) is 10.9. The third-order valence-electron chi connectivity index (χ3n) is 7.22. The van der Waals surface area contributed by atoms with Crippen molar-refractivity contribution in [2.24, 2.45) is 27.9 Å². The molecule has 3 atom stereocenters. The first-order valence-electron chi connectivity index (χ1n) is 14.9. The second-order valence-electron chi connectivity index (χ2n) is 10.9. The minimum Gasteiger partial charge on any atom is -0.508 e. The summed E-state index contributed by atoms with van der Waals surface area (Å²) in [6, 6.07) is 10.2. The highest BCUT2D eigenvalue weighted by Gasteiger charge is 2.31. The first-order chi connectivity index (χ1) is 21.1. The molecular weight excluding hydrogens is 562 g/mol. The van der Waals surface area contributed by atoms with Gasteiger partial charge in [-0.25, -0.2) is 0 Å². The number of hydrogen-bond donors (Lipinski definition) is 7. The fourth-order valence-corrected chi connectivity index (χ4v) is 5.02. The molecule has 1 heterocycles. The quantitative estimate of drug-likeness (QED) is 0.0668. The Labute approximate surface area is 257 Å². The maximum atomic E-state index is 14.0. The molecule has 1 aromatic heterocycles. The summed E-state index contributed by atoms with van der Waals surface area (Å²) >= 11 is 0. The number of phenolic OH excluding ortho intramolecular Hbond substituents is 1. The lowest BCUT2D eigenvalue weighted by molar-refractivity contribution is -0.130. The molecular formula is C31H45N9O4. The molecule has 0 spiro atoms. The summed E-state index contributed by atoms with van der Waals surface area (Å²) in [4.78, 5) is 35.7. The van der Waals surface area contributed by atoms with E-state index < -0.39 is 29.9 Å². The van der Waals surface area contributed by atoms with Gasteiger partial charge in [-0.2, -0.15) is 4.98 Å². The lowest BCUT2D eigenvalue weighted by atomic mass is 9.94. The average molecular weight is 608 g/mol. The number of nitrogens with one attached hydrogen (secondary N) is 2. The summed E-state index contributed by atoms with van der Waals surface area (Å²) in [5, 5.41) is 20.1. The van der Waals surface area contributed by atoms with E-state index in [1.165, 1.54) is 0 Å². The number of carbonyl (C=O) groups excluding carboxylic acids is 2. The molecule has 2 aromatic carbocycles. The number of amides is 2. The number of rotatable bonds is 17. The van der Waals surface area contributed by atoms with Crippen molar-refractivity contribution >= 4 is 17.8 Å². The Kier molecular flexibility index (Phi) is 13.1. The average Bonchev–Trinajstić information content (AvgIpc) is 3.44. The Morgan fingerprint density at radius 2 is 1.68 bits per heavy atom. The third-order valence-corrected chi connectivity index (χ3v) is 7.22. The second kappa shape index (κ2) is 17.0. The van der Waals surface area contributed by atoms with Crippen LogP contribution in [0.3, 0.4) is 0 Å². The van der Waals surface area contributed by atoms with E-state index in [1.807, 2.05) is 30.3 Å². The number of guanidine groups is 1. The number of nitrogens with two attached hydrogens (primary N) is 4. The zero-order valence-electron chi connectivity index (χ0n) is 25.5. The highest BCUT2D eigenvalue weighted by molar-refractivity contribution is 5.91. The molecule has 0 saturated carbocycles. The molecule has 13 heteroatoms. The van der Waals surface area contributed by atoms with Gasteiger partial charge in [0.15, 0.2) is 11.8 Å². The van der Waals surface area contributed by atoms with E-state index in [4.69, 9.17) is 27.5 Å². The summed E-state index contributed by atoms with van der Waals surface area (Å²) in [7, 11) is 0. The molecule has 0 saturated heterocycles. The Bertz CT molecular complexity index is 1370. The molecule has 0 unspecified atom stereocenters. The van der Waals surface area contributed by atoms with Crippen molar-refractivity contribution in [1.29, 1.82) is 0 Å². The maximum Gasteiger partial charge on any atom is 0.249 e. The van der Waals surface area contributed by atoms with Gasteiger partial charge in [0.2, 0.25) is 17.7 Å². The molecule has 11 N–H and O–H groups in total. The summed E-state index contributed by atoms with van der Waals surface area (Å²) in [6.45, 7) is 4.42. The smallest absolute Gasteiger partial charge is 0.249 e. The van der Waals surface area contributed by atoms with Crippen molar-refractivity contribution < 1.29 is 19.2 Å². The summed E-state index contributed by atoms with van der Waals surface area (Å²) < 4.78 is 5.63. The first kappa shape index (κ1) is 34.0. The van der Waals surface area contributed by atoms with E-state index in [0.717, 1.165) is 24.8 Å². The van der Waals surface area contributed by atoms with E-state index in [2.05, 4.69) is 25.8 Å². The fraction of sp³-hybridized carbons (Fsp3) is 0.452. The van der Waals surface area contributed by atoms with Crippen molar-refractivity contribution in [3.8, 4) is 5.75 Å². The lowest BCUT2D eigenvalue weighted by Gasteiger charge is -2.26. The number of aryl methyl sites for hydroxylation is 2. The number of aliphatic imine (C=N–C) groups is 1. The molecule has 0 radical (unpaired) electrons. The van der Waals surface area contributed by atoms with Gasteiger partial charge in [0.05, 0.1) is 6.04 Å². The van der Waals surface area contributed by atoms with Gasteiger partial charge in [-0.15, -0.1) is 0 Å². The van der Waals surface area contributed by atoms with Gasteiger partial charge in [-0.3, -0.25) is 14.6 Å². The molecule has 0 aliphatic heterocycles. The number of phenols is 1. The zero-order valence-corrected chi connectivity index (χ0v) is 25.5. The predicted octanol–water partition coefficient (Wildman–Crippen LogP) is 1.90. The van der Waals surface area contributed by atoms with Crippen LogP contribution in [0.5, 0.6) is 5.75 Å². The van der Waals surface area contributed by atoms with Gasteiger partial charge in [0.1, 0.15) is 17.8 Å². The van der Waals surface area contributed by atoms with E-state index in [-0.39, 0.29) is 17.6 Å². The molecule has 3 aromatic rings. The number of nitrogens with zero attached hydrogens (tertiary/aromatic N) is 3. The summed E-state index contributed by atoms with van der Waals surface area (Å²) in [5.74, 6) is -0.199. The van der Waals surface area contributed by atoms with Crippen molar-refractivity contribution in [2.45, 2.75) is 76.9 Å². The van der Waals surface area contributed by atoms with Gasteiger partial charge in [-0.1, -0.05) is 48.3 Å². The fourth-order valence-electron chi connectivity index (χ4n) is 5.02. The largest absolute Gasteiger partial charge is 0.508 e. The zero-order chi connectivity index (χ0) is 32.1. The van der Waals surface area contributed by atoms with Crippen LogP contribution >= 0.6 is 0 Å². The number of carbonyl (C=O) groups is 2. The molecule has 0 aliphatic rings. The molecule has 0 aliphatic carbocycles. The number of aromatic hydroxyl groups is 1. The van der Waals surface area contributed by atoms with E-state index >= 15 is 0 Å². The van der Waals surface area contributed by atoms with Gasteiger partial charge in [0, 0.05) is 13.0 Å². The van der Waals surface area contributed by atoms with Gasteiger partial charge >= 0.3 is 0 Å². The number of benzene rings is 2. The summed E-state index contributed by atoms with van der Waals surface area (Å²) in [5.41, 5.74) is 25.4. The molecule has 13 nitrogen and oxygen atoms in total. The molecule has 44 heavy (non-hydrogen) atoms. The molecule has 0 fully saturated rings. The van der Waals surface area contributed by atoms with E-state index in [1.54, 1.807) is 26.0 Å². The van der Waals surface area contributed by atoms with Crippen LogP contribution in [0, 0.1) is 13.8 Å². The standard InChI is InChI=1S/C31H45N9O4/c1-19-16-22(41)17-20(2)26(19)27(39-28(42)23(33)12-9-15-36-31(34)35)29(43)37-24(13-7-4-8-14-32)30-38-25(40-44-30)18-21-10-5-3-6-11-21/h3,5-6,10-11,16-17,23-24,27,41H,4,7-9,12-15,18,32-33H2,1-2H3,(H,37,43)(H,39,42)(H4,34,35,36)/t23-,24-,27-/m1/s1. The molecule has 2 amide bonds. The van der Waals surface area contributed by atoms with Crippen LogP contribution in [-0.2, 0) is 16.0 Å². The van der Waals surface area contributed by atoms with Crippen LogP contribution in [0.15, 0.2) is 52.0 Å². The van der Waals surface area contributed by atoms with Crippen LogP contribution in [0.4, 0.5) is 0 Å². The Balaban J connectivity index is 1.85. The van der Waals surface area contributed by atoms with Crippen molar-refractivity contribution in [3.63, 3.8) is 0 Å². The van der Waals surface area contributed by atoms with Crippen molar-refractivity contribution in [2.75, 3.05) is 13.1 Å². The van der Waals surface area contributed by atoms with E-state index in [0.29, 0.717) is 61.3 Å². The number of unbranched alkanes of at least 4 members (excludes halogenated alkanes) is 2. The topological polar surface area (TPSA) is 234 Å². The Morgan fingerprint density at radius 1 is 0.977 bits per heavy atom. The Morgan fingerprint density at radius 3 is 2.34 bits per heavy atom. The monoisotopic (exact) mass is 607 g/mol. The van der Waals surface area contributed by atoms with Gasteiger partial charge < -0.3 is 43.2 Å². The Hall–Kier alpha value is -4.49. The van der Waals surface area contributed by atoms with Crippen LogP contribution in [0.1, 0.15) is 84.6 Å². The van der Waals surface area contributed by atoms with E-state index in [9.17, 15) is 14.7 Å². The SMILES string of the molecule is Cc1cc(O)cc(C)c1[C@@H](NC(=O)[C@H](N)CCCN=C(N)N)C(=O)N[C@H](CCCCCN)c1nc(Cc2ccccc2)no1. The van der Waals surface area contributed by atoms with Crippen LogP contribution in [-0.4, -0.2) is 52.2 Å². The summed E-state index contributed by atoms with van der Waals surface area (Å²) in [6.07, 6.45) is 4.25. The minimum absolute atomic E-state index is 0.0379. The minimum atomic E-state index is -1.11.